The number of carbonyl (C=O) groups is 1. The Kier molecular flexibility index (Phi) is 6.84. The smallest absolute Gasteiger partial charge is 0.304 e. The van der Waals surface area contributed by atoms with E-state index in [2.05, 4.69) is 4.90 Å². The molecule has 2 N–H and O–H groups in total. The van der Waals surface area contributed by atoms with Gasteiger partial charge in [0.15, 0.2) is 0 Å². The van der Waals surface area contributed by atoms with Gasteiger partial charge in [-0.3, -0.25) is 4.79 Å². The molecule has 1 aliphatic rings. The van der Waals surface area contributed by atoms with Crippen molar-refractivity contribution in [2.24, 2.45) is 0 Å². The zero-order valence-electron chi connectivity index (χ0n) is 9.60. The van der Waals surface area contributed by atoms with E-state index >= 15 is 0 Å². The van der Waals surface area contributed by atoms with Gasteiger partial charge in [-0.1, -0.05) is 0 Å². The summed E-state index contributed by atoms with van der Waals surface area (Å²) in [5.74, 6) is 0.295. The molecule has 0 aliphatic carbocycles. The third-order valence-electron chi connectivity index (χ3n) is 2.76. The Labute approximate surface area is 101 Å². The van der Waals surface area contributed by atoms with Gasteiger partial charge in [0.05, 0.1) is 6.42 Å². The van der Waals surface area contributed by atoms with Gasteiger partial charge in [-0.25, -0.2) is 0 Å². The molecule has 1 heterocycles. The van der Waals surface area contributed by atoms with Gasteiger partial charge in [0.25, 0.3) is 0 Å². The van der Waals surface area contributed by atoms with Crippen molar-refractivity contribution in [3.63, 3.8) is 0 Å². The van der Waals surface area contributed by atoms with Crippen molar-refractivity contribution in [3.8, 4) is 0 Å². The second-order valence-corrected chi connectivity index (χ2v) is 5.56. The fourth-order valence-corrected chi connectivity index (χ4v) is 3.20. The van der Waals surface area contributed by atoms with Gasteiger partial charge in [-0.15, -0.1) is 0 Å². The first-order valence-corrected chi connectivity index (χ1v) is 6.94. The number of thioether (sulfide) groups is 1. The summed E-state index contributed by atoms with van der Waals surface area (Å²) in [6.07, 6.45) is 3.49. The molecular formula is C11H21NO3S. The van der Waals surface area contributed by atoms with Gasteiger partial charge < -0.3 is 15.1 Å². The maximum atomic E-state index is 10.5. The van der Waals surface area contributed by atoms with Gasteiger partial charge in [0, 0.05) is 24.9 Å². The van der Waals surface area contributed by atoms with Crippen LogP contribution in [0.2, 0.25) is 0 Å². The van der Waals surface area contributed by atoms with E-state index in [1.54, 1.807) is 0 Å². The number of aliphatic carboxylic acids is 1. The Morgan fingerprint density at radius 1 is 1.50 bits per heavy atom. The molecule has 0 spiro atoms. The molecule has 0 aromatic rings. The van der Waals surface area contributed by atoms with Crippen LogP contribution in [0, 0.1) is 0 Å². The van der Waals surface area contributed by atoms with Crippen LogP contribution in [0.4, 0.5) is 0 Å². The number of carboxylic acids is 1. The lowest BCUT2D eigenvalue weighted by atomic mass is 10.1. The Morgan fingerprint density at radius 3 is 3.00 bits per heavy atom. The summed E-state index contributed by atoms with van der Waals surface area (Å²) >= 11 is 1.91. The Morgan fingerprint density at radius 2 is 2.31 bits per heavy atom. The summed E-state index contributed by atoms with van der Waals surface area (Å²) in [4.78, 5) is 12.7. The van der Waals surface area contributed by atoms with Crippen molar-refractivity contribution in [3.05, 3.63) is 0 Å². The van der Waals surface area contributed by atoms with Crippen LogP contribution in [0.5, 0.6) is 0 Å². The quantitative estimate of drug-likeness (QED) is 0.658. The van der Waals surface area contributed by atoms with Crippen LogP contribution < -0.4 is 0 Å². The first-order chi connectivity index (χ1) is 7.72. The summed E-state index contributed by atoms with van der Waals surface area (Å²) in [5, 5.41) is 17.9. The molecule has 0 bridgehead atoms. The third kappa shape index (κ3) is 5.72. The number of aliphatic hydroxyl groups is 1. The fourth-order valence-electron chi connectivity index (χ4n) is 1.92. The van der Waals surface area contributed by atoms with Crippen molar-refractivity contribution in [2.75, 3.05) is 32.0 Å². The zero-order valence-corrected chi connectivity index (χ0v) is 10.4. The minimum Gasteiger partial charge on any atom is -0.481 e. The minimum atomic E-state index is -0.713. The molecule has 1 aliphatic heterocycles. The van der Waals surface area contributed by atoms with Crippen LogP contribution in [-0.2, 0) is 4.79 Å². The second kappa shape index (κ2) is 7.92. The molecule has 1 unspecified atom stereocenters. The number of rotatable bonds is 7. The van der Waals surface area contributed by atoms with Crippen LogP contribution in [0.15, 0.2) is 0 Å². The molecule has 4 nitrogen and oxygen atoms in total. The van der Waals surface area contributed by atoms with Gasteiger partial charge in [0.1, 0.15) is 0 Å². The van der Waals surface area contributed by atoms with Crippen molar-refractivity contribution >= 4 is 17.7 Å². The molecule has 1 atom stereocenters. The van der Waals surface area contributed by atoms with Crippen LogP contribution >= 0.6 is 11.8 Å². The van der Waals surface area contributed by atoms with Crippen molar-refractivity contribution < 1.29 is 15.0 Å². The summed E-state index contributed by atoms with van der Waals surface area (Å²) in [5.41, 5.74) is 0. The molecule has 1 rings (SSSR count). The summed E-state index contributed by atoms with van der Waals surface area (Å²) in [6, 6.07) is 0. The van der Waals surface area contributed by atoms with Gasteiger partial charge in [-0.05, 0) is 31.6 Å². The summed E-state index contributed by atoms with van der Waals surface area (Å²) in [7, 11) is 0. The van der Waals surface area contributed by atoms with E-state index < -0.39 is 5.97 Å². The average molecular weight is 247 g/mol. The minimum absolute atomic E-state index is 0.244. The maximum absolute atomic E-state index is 10.5. The molecule has 0 amide bonds. The summed E-state index contributed by atoms with van der Waals surface area (Å²) < 4.78 is 0. The number of likely N-dealkylation sites (tertiary alicyclic amines) is 1. The van der Waals surface area contributed by atoms with Crippen molar-refractivity contribution in [1.82, 2.24) is 4.90 Å². The van der Waals surface area contributed by atoms with Gasteiger partial charge in [-0.2, -0.15) is 11.8 Å². The van der Waals surface area contributed by atoms with Gasteiger partial charge in [0.2, 0.25) is 0 Å². The van der Waals surface area contributed by atoms with E-state index in [1.165, 1.54) is 6.42 Å². The Balaban J connectivity index is 2.16. The number of carboxylic acid groups (broad SMARTS) is 1. The number of aliphatic hydroxyl groups excluding tert-OH is 1. The second-order valence-electron chi connectivity index (χ2n) is 4.16. The standard InChI is InChI=1S/C11H21NO3S/c13-7-2-8-16-10-3-1-5-12(9-10)6-4-11(14)15/h10,13H,1-9H2,(H,14,15). The number of nitrogens with zero attached hydrogens (tertiary/aromatic N) is 1. The monoisotopic (exact) mass is 247 g/mol. The number of hydrogen-bond donors (Lipinski definition) is 2. The van der Waals surface area contributed by atoms with E-state index in [0.29, 0.717) is 11.8 Å². The Bertz CT molecular complexity index is 213. The predicted molar refractivity (Wildman–Crippen MR) is 65.9 cm³/mol. The van der Waals surface area contributed by atoms with Crippen LogP contribution in [0.1, 0.15) is 25.7 Å². The van der Waals surface area contributed by atoms with Gasteiger partial charge >= 0.3 is 5.97 Å². The predicted octanol–water partition coefficient (Wildman–Crippen LogP) is 1.04. The molecule has 0 saturated carbocycles. The lowest BCUT2D eigenvalue weighted by molar-refractivity contribution is -0.137. The highest BCUT2D eigenvalue weighted by atomic mass is 32.2. The average Bonchev–Trinajstić information content (AvgIpc) is 2.27. The number of piperidine rings is 1. The van der Waals surface area contributed by atoms with Crippen LogP contribution in [0.3, 0.4) is 0 Å². The molecule has 0 aromatic heterocycles. The normalized spacial score (nSPS) is 22.2. The number of hydrogen-bond acceptors (Lipinski definition) is 4. The lowest BCUT2D eigenvalue weighted by Crippen LogP contribution is -2.38. The molecule has 1 fully saturated rings. The molecule has 5 heteroatoms. The van der Waals surface area contributed by atoms with Crippen molar-refractivity contribution in [1.29, 1.82) is 0 Å². The highest BCUT2D eigenvalue weighted by Gasteiger charge is 2.20. The molecule has 16 heavy (non-hydrogen) atoms. The Hall–Kier alpha value is -0.260. The third-order valence-corrected chi connectivity index (χ3v) is 4.14. The molecule has 1 saturated heterocycles. The SMILES string of the molecule is O=C(O)CCN1CCCC(SCCCO)C1. The topological polar surface area (TPSA) is 60.8 Å². The fraction of sp³-hybridized carbons (Fsp3) is 0.909. The van der Waals surface area contributed by atoms with Crippen LogP contribution in [-0.4, -0.2) is 58.3 Å². The van der Waals surface area contributed by atoms with E-state index in [-0.39, 0.29) is 13.0 Å². The van der Waals surface area contributed by atoms with E-state index in [4.69, 9.17) is 10.2 Å². The first-order valence-electron chi connectivity index (χ1n) is 5.89. The van der Waals surface area contributed by atoms with E-state index in [1.807, 2.05) is 11.8 Å². The summed E-state index contributed by atoms with van der Waals surface area (Å²) in [6.45, 7) is 2.97. The zero-order chi connectivity index (χ0) is 11.8. The first kappa shape index (κ1) is 13.8. The highest BCUT2D eigenvalue weighted by molar-refractivity contribution is 7.99. The lowest BCUT2D eigenvalue weighted by Gasteiger charge is -2.32. The molecular weight excluding hydrogens is 226 g/mol. The van der Waals surface area contributed by atoms with E-state index in [0.717, 1.165) is 31.7 Å². The van der Waals surface area contributed by atoms with Crippen molar-refractivity contribution in [2.45, 2.75) is 30.9 Å². The largest absolute Gasteiger partial charge is 0.481 e. The maximum Gasteiger partial charge on any atom is 0.304 e. The van der Waals surface area contributed by atoms with E-state index in [9.17, 15) is 4.79 Å². The molecule has 0 aromatic carbocycles. The highest BCUT2D eigenvalue weighted by Crippen LogP contribution is 2.22. The molecule has 0 radical (unpaired) electrons. The molecule has 94 valence electrons. The van der Waals surface area contributed by atoms with Crippen LogP contribution in [0.25, 0.3) is 0 Å².